The van der Waals surface area contributed by atoms with E-state index in [1.165, 1.54) is 0 Å². The SMILES string of the molecule is Cc1c(N)ccc2nc(C(C)(C)C)n(C)c(=O)c12. The molecule has 0 aliphatic heterocycles. The highest BCUT2D eigenvalue weighted by atomic mass is 16.1. The maximum absolute atomic E-state index is 12.4. The van der Waals surface area contributed by atoms with Crippen molar-refractivity contribution < 1.29 is 0 Å². The van der Waals surface area contributed by atoms with Crippen LogP contribution >= 0.6 is 0 Å². The number of hydrogen-bond donors (Lipinski definition) is 1. The standard InChI is InChI=1S/C14H19N3O/c1-8-9(15)6-7-10-11(8)12(18)17(5)13(16-10)14(2,3)4/h6-7H,15H2,1-5H3. The van der Waals surface area contributed by atoms with Gasteiger partial charge in [0.05, 0.1) is 10.9 Å². The molecule has 4 heteroatoms. The van der Waals surface area contributed by atoms with E-state index < -0.39 is 0 Å². The largest absolute Gasteiger partial charge is 0.398 e. The lowest BCUT2D eigenvalue weighted by Gasteiger charge is -2.21. The number of fused-ring (bicyclic) bond motifs is 1. The molecule has 0 aliphatic carbocycles. The first-order valence-electron chi connectivity index (χ1n) is 6.00. The van der Waals surface area contributed by atoms with Crippen molar-refractivity contribution in [3.05, 3.63) is 33.9 Å². The zero-order valence-corrected chi connectivity index (χ0v) is 11.5. The Kier molecular flexibility index (Phi) is 2.69. The number of aryl methyl sites for hydroxylation is 1. The molecule has 2 aromatic rings. The zero-order chi connectivity index (χ0) is 13.7. The fourth-order valence-corrected chi connectivity index (χ4v) is 2.20. The fraction of sp³-hybridized carbons (Fsp3) is 0.429. The minimum atomic E-state index is -0.169. The molecule has 0 bridgehead atoms. The fourth-order valence-electron chi connectivity index (χ4n) is 2.20. The number of nitrogen functional groups attached to an aromatic ring is 1. The lowest BCUT2D eigenvalue weighted by Crippen LogP contribution is -2.30. The molecule has 0 saturated heterocycles. The molecule has 0 spiro atoms. The van der Waals surface area contributed by atoms with Crippen molar-refractivity contribution in [3.63, 3.8) is 0 Å². The topological polar surface area (TPSA) is 60.9 Å². The van der Waals surface area contributed by atoms with Crippen LogP contribution in [-0.4, -0.2) is 9.55 Å². The molecule has 0 fully saturated rings. The normalized spacial score (nSPS) is 12.1. The van der Waals surface area contributed by atoms with Gasteiger partial charge in [-0.1, -0.05) is 20.8 Å². The van der Waals surface area contributed by atoms with Crippen LogP contribution in [-0.2, 0) is 12.5 Å². The Morgan fingerprint density at radius 2 is 1.89 bits per heavy atom. The van der Waals surface area contributed by atoms with Gasteiger partial charge in [-0.25, -0.2) is 4.98 Å². The van der Waals surface area contributed by atoms with Gasteiger partial charge in [0.15, 0.2) is 0 Å². The van der Waals surface area contributed by atoms with Crippen LogP contribution in [0.25, 0.3) is 10.9 Å². The van der Waals surface area contributed by atoms with Gasteiger partial charge in [-0.3, -0.25) is 9.36 Å². The van der Waals surface area contributed by atoms with Crippen LogP contribution in [0.3, 0.4) is 0 Å². The number of anilines is 1. The van der Waals surface area contributed by atoms with E-state index in [2.05, 4.69) is 4.98 Å². The Labute approximate surface area is 106 Å². The van der Waals surface area contributed by atoms with Gasteiger partial charge in [0.2, 0.25) is 0 Å². The van der Waals surface area contributed by atoms with E-state index >= 15 is 0 Å². The predicted octanol–water partition coefficient (Wildman–Crippen LogP) is 2.12. The van der Waals surface area contributed by atoms with Crippen LogP contribution in [0.15, 0.2) is 16.9 Å². The maximum Gasteiger partial charge on any atom is 0.261 e. The second-order valence-electron chi connectivity index (χ2n) is 5.72. The summed E-state index contributed by atoms with van der Waals surface area (Å²) < 4.78 is 1.62. The molecular formula is C14H19N3O. The van der Waals surface area contributed by atoms with E-state index in [0.29, 0.717) is 11.1 Å². The number of nitrogens with two attached hydrogens (primary N) is 1. The lowest BCUT2D eigenvalue weighted by atomic mass is 9.95. The summed E-state index contributed by atoms with van der Waals surface area (Å²) in [4.78, 5) is 17.1. The second-order valence-corrected chi connectivity index (χ2v) is 5.72. The molecule has 18 heavy (non-hydrogen) atoms. The van der Waals surface area contributed by atoms with Crippen molar-refractivity contribution in [2.24, 2.45) is 7.05 Å². The number of nitrogens with zero attached hydrogens (tertiary/aromatic N) is 2. The second kappa shape index (κ2) is 3.83. The number of hydrogen-bond acceptors (Lipinski definition) is 3. The molecule has 1 aromatic carbocycles. The Hall–Kier alpha value is -1.84. The summed E-state index contributed by atoms with van der Waals surface area (Å²) in [5, 5.41) is 0.616. The summed E-state index contributed by atoms with van der Waals surface area (Å²) in [6.45, 7) is 8.00. The molecule has 2 N–H and O–H groups in total. The van der Waals surface area contributed by atoms with Crippen LogP contribution in [0.2, 0.25) is 0 Å². The predicted molar refractivity (Wildman–Crippen MR) is 74.8 cm³/mol. The molecule has 0 unspecified atom stereocenters. The first-order valence-corrected chi connectivity index (χ1v) is 6.00. The molecule has 0 amide bonds. The first-order chi connectivity index (χ1) is 8.23. The average Bonchev–Trinajstić information content (AvgIpc) is 2.26. The minimum Gasteiger partial charge on any atom is -0.398 e. The first kappa shape index (κ1) is 12.6. The number of rotatable bonds is 0. The molecule has 0 atom stereocenters. The maximum atomic E-state index is 12.4. The third-order valence-corrected chi connectivity index (χ3v) is 3.22. The van der Waals surface area contributed by atoms with Gasteiger partial charge in [0.25, 0.3) is 5.56 Å². The lowest BCUT2D eigenvalue weighted by molar-refractivity contribution is 0.509. The highest BCUT2D eigenvalue weighted by molar-refractivity contribution is 5.85. The van der Waals surface area contributed by atoms with Crippen LogP contribution in [0.5, 0.6) is 0 Å². The highest BCUT2D eigenvalue weighted by Crippen LogP contribution is 2.23. The summed E-state index contributed by atoms with van der Waals surface area (Å²) in [5.41, 5.74) is 7.80. The molecule has 0 saturated carbocycles. The van der Waals surface area contributed by atoms with E-state index in [1.54, 1.807) is 17.7 Å². The average molecular weight is 245 g/mol. The summed E-state index contributed by atoms with van der Waals surface area (Å²) in [6.07, 6.45) is 0. The molecule has 1 aromatic heterocycles. The van der Waals surface area contributed by atoms with Crippen LogP contribution in [0, 0.1) is 6.92 Å². The molecule has 4 nitrogen and oxygen atoms in total. The van der Waals surface area contributed by atoms with Crippen molar-refractivity contribution >= 4 is 16.6 Å². The third kappa shape index (κ3) is 1.78. The van der Waals surface area contributed by atoms with Crippen molar-refractivity contribution in [1.29, 1.82) is 0 Å². The van der Waals surface area contributed by atoms with E-state index in [4.69, 9.17) is 5.73 Å². The van der Waals surface area contributed by atoms with Crippen molar-refractivity contribution in [3.8, 4) is 0 Å². The number of benzene rings is 1. The minimum absolute atomic E-state index is 0.0327. The molecule has 2 rings (SSSR count). The summed E-state index contributed by atoms with van der Waals surface area (Å²) in [7, 11) is 1.76. The van der Waals surface area contributed by atoms with Gasteiger partial charge in [-0.2, -0.15) is 0 Å². The van der Waals surface area contributed by atoms with Crippen molar-refractivity contribution in [2.75, 3.05) is 5.73 Å². The smallest absolute Gasteiger partial charge is 0.261 e. The third-order valence-electron chi connectivity index (χ3n) is 3.22. The quantitative estimate of drug-likeness (QED) is 0.723. The summed E-state index contributed by atoms with van der Waals surface area (Å²) >= 11 is 0. The molecule has 1 heterocycles. The Morgan fingerprint density at radius 1 is 1.28 bits per heavy atom. The Balaban J connectivity index is 2.97. The van der Waals surface area contributed by atoms with Gasteiger partial charge in [-0.05, 0) is 24.6 Å². The van der Waals surface area contributed by atoms with Gasteiger partial charge in [0.1, 0.15) is 5.82 Å². The highest BCUT2D eigenvalue weighted by Gasteiger charge is 2.21. The van der Waals surface area contributed by atoms with Crippen LogP contribution in [0.1, 0.15) is 32.2 Å². The van der Waals surface area contributed by atoms with Gasteiger partial charge in [0, 0.05) is 18.2 Å². The molecule has 0 radical (unpaired) electrons. The molecule has 0 aliphatic rings. The van der Waals surface area contributed by atoms with Crippen LogP contribution in [0.4, 0.5) is 5.69 Å². The van der Waals surface area contributed by atoms with E-state index in [0.717, 1.165) is 16.9 Å². The van der Waals surface area contributed by atoms with E-state index in [-0.39, 0.29) is 11.0 Å². The Bertz CT molecular complexity index is 678. The van der Waals surface area contributed by atoms with E-state index in [9.17, 15) is 4.79 Å². The summed E-state index contributed by atoms with van der Waals surface area (Å²) in [5.74, 6) is 0.782. The zero-order valence-electron chi connectivity index (χ0n) is 11.5. The summed E-state index contributed by atoms with van der Waals surface area (Å²) in [6, 6.07) is 3.62. The monoisotopic (exact) mass is 245 g/mol. The van der Waals surface area contributed by atoms with Gasteiger partial charge < -0.3 is 5.73 Å². The van der Waals surface area contributed by atoms with Crippen molar-refractivity contribution in [1.82, 2.24) is 9.55 Å². The van der Waals surface area contributed by atoms with Crippen LogP contribution < -0.4 is 11.3 Å². The van der Waals surface area contributed by atoms with E-state index in [1.807, 2.05) is 33.8 Å². The van der Waals surface area contributed by atoms with Crippen molar-refractivity contribution in [2.45, 2.75) is 33.1 Å². The molecular weight excluding hydrogens is 226 g/mol. The Morgan fingerprint density at radius 3 is 2.44 bits per heavy atom. The van der Waals surface area contributed by atoms with Gasteiger partial charge in [-0.15, -0.1) is 0 Å². The van der Waals surface area contributed by atoms with Gasteiger partial charge >= 0.3 is 0 Å². The number of aromatic nitrogens is 2. The molecule has 96 valence electrons.